The highest BCUT2D eigenvalue weighted by molar-refractivity contribution is 5.78. The molecule has 0 bridgehead atoms. The minimum atomic E-state index is -4.78. The number of carbonyl (C=O) groups excluding carboxylic acids is 1. The summed E-state index contributed by atoms with van der Waals surface area (Å²) in [4.78, 5) is 9.65. The summed E-state index contributed by atoms with van der Waals surface area (Å²) in [5, 5.41) is 9.65. The van der Waals surface area contributed by atoms with Crippen LogP contribution in [0.15, 0.2) is 11.8 Å². The molecular weight excluding hydrogens is 165 g/mol. The summed E-state index contributed by atoms with van der Waals surface area (Å²) in [6.45, 7) is 0. The van der Waals surface area contributed by atoms with Crippen LogP contribution in [0.2, 0.25) is 0 Å². The fraction of sp³-hybridized carbons (Fsp3) is 0.400. The number of carboxylic acids is 1. The molecule has 0 aliphatic heterocycles. The van der Waals surface area contributed by atoms with Crippen molar-refractivity contribution < 1.29 is 27.8 Å². The highest BCUT2D eigenvalue weighted by Gasteiger charge is 2.35. The van der Waals surface area contributed by atoms with Gasteiger partial charge in [0.2, 0.25) is 5.76 Å². The van der Waals surface area contributed by atoms with Gasteiger partial charge in [-0.15, -0.1) is 0 Å². The molecule has 6 heteroatoms. The molecule has 0 aliphatic carbocycles. The van der Waals surface area contributed by atoms with Gasteiger partial charge in [0.25, 0.3) is 0 Å². The lowest BCUT2D eigenvalue weighted by Gasteiger charge is -2.09. The number of aliphatic carboxylic acids is 1. The second-order valence-electron chi connectivity index (χ2n) is 1.53. The van der Waals surface area contributed by atoms with Gasteiger partial charge in [0, 0.05) is 6.08 Å². The van der Waals surface area contributed by atoms with Crippen molar-refractivity contribution in [3.8, 4) is 0 Å². The first-order valence-electron chi connectivity index (χ1n) is 2.41. The number of carboxylic acid groups (broad SMARTS) is 1. The maximum absolute atomic E-state index is 11.6. The van der Waals surface area contributed by atoms with Gasteiger partial charge in [-0.2, -0.15) is 13.2 Å². The summed E-state index contributed by atoms with van der Waals surface area (Å²) in [5.41, 5.74) is 0. The van der Waals surface area contributed by atoms with E-state index in [1.54, 1.807) is 0 Å². The van der Waals surface area contributed by atoms with Crippen molar-refractivity contribution in [3.63, 3.8) is 0 Å². The summed E-state index contributed by atoms with van der Waals surface area (Å²) in [7, 11) is 0.724. The Hall–Kier alpha value is -1.20. The van der Waals surface area contributed by atoms with Crippen LogP contribution in [0.1, 0.15) is 0 Å². The number of allylic oxidation sites excluding steroid dienone is 1. The molecule has 0 unspecified atom stereocenters. The molecule has 0 heterocycles. The Kier molecular flexibility index (Phi) is 2.91. The number of methoxy groups -OCH3 is 1. The van der Waals surface area contributed by atoms with Gasteiger partial charge in [0.1, 0.15) is 0 Å². The number of ether oxygens (including phenoxy) is 1. The van der Waals surface area contributed by atoms with Crippen LogP contribution in [-0.2, 0) is 9.53 Å². The molecule has 11 heavy (non-hydrogen) atoms. The van der Waals surface area contributed by atoms with E-state index in [9.17, 15) is 23.1 Å². The van der Waals surface area contributed by atoms with E-state index < -0.39 is 17.9 Å². The molecule has 0 aromatic carbocycles. The molecule has 0 amide bonds. The van der Waals surface area contributed by atoms with Crippen LogP contribution < -0.4 is 5.11 Å². The lowest BCUT2D eigenvalue weighted by atomic mass is 10.4. The summed E-state index contributed by atoms with van der Waals surface area (Å²) < 4.78 is 38.5. The van der Waals surface area contributed by atoms with Crippen LogP contribution in [0.25, 0.3) is 0 Å². The standard InChI is InChI=1S/C5H5F3O3/c1-11-3(2-4(9)10)5(6,7)8/h2H,1H3,(H,9,10)/p-1. The lowest BCUT2D eigenvalue weighted by molar-refractivity contribution is -0.298. The average Bonchev–Trinajstić information content (AvgIpc) is 1.79. The fourth-order valence-electron chi connectivity index (χ4n) is 0.364. The van der Waals surface area contributed by atoms with Gasteiger partial charge in [-0.3, -0.25) is 0 Å². The van der Waals surface area contributed by atoms with Gasteiger partial charge in [-0.25, -0.2) is 0 Å². The predicted molar refractivity (Wildman–Crippen MR) is 26.2 cm³/mol. The van der Waals surface area contributed by atoms with Crippen molar-refractivity contribution in [3.05, 3.63) is 11.8 Å². The molecule has 0 radical (unpaired) electrons. The Morgan fingerprint density at radius 1 is 1.55 bits per heavy atom. The monoisotopic (exact) mass is 169 g/mol. The van der Waals surface area contributed by atoms with Gasteiger partial charge >= 0.3 is 6.18 Å². The van der Waals surface area contributed by atoms with Gasteiger partial charge in [0.15, 0.2) is 0 Å². The van der Waals surface area contributed by atoms with Crippen molar-refractivity contribution in [1.29, 1.82) is 0 Å². The quantitative estimate of drug-likeness (QED) is 0.426. The third kappa shape index (κ3) is 3.49. The van der Waals surface area contributed by atoms with Crippen LogP contribution in [0.5, 0.6) is 0 Å². The van der Waals surface area contributed by atoms with E-state index in [0.717, 1.165) is 7.11 Å². The number of hydrogen-bond donors (Lipinski definition) is 0. The van der Waals surface area contributed by atoms with E-state index in [-0.39, 0.29) is 6.08 Å². The zero-order chi connectivity index (χ0) is 9.07. The zero-order valence-electron chi connectivity index (χ0n) is 5.44. The van der Waals surface area contributed by atoms with Gasteiger partial charge in [-0.1, -0.05) is 0 Å². The first-order valence-corrected chi connectivity index (χ1v) is 2.41. The van der Waals surface area contributed by atoms with E-state index in [1.807, 2.05) is 0 Å². The van der Waals surface area contributed by atoms with Crippen LogP contribution in [0.3, 0.4) is 0 Å². The molecule has 64 valence electrons. The third-order valence-electron chi connectivity index (χ3n) is 0.748. The number of hydrogen-bond acceptors (Lipinski definition) is 3. The average molecular weight is 169 g/mol. The predicted octanol–water partition coefficient (Wildman–Crippen LogP) is -0.171. The number of alkyl halides is 3. The van der Waals surface area contributed by atoms with E-state index >= 15 is 0 Å². The summed E-state index contributed by atoms with van der Waals surface area (Å²) in [6.07, 6.45) is -4.94. The molecule has 0 aromatic rings. The molecule has 0 N–H and O–H groups in total. The van der Waals surface area contributed by atoms with Crippen LogP contribution >= 0.6 is 0 Å². The molecule has 0 saturated heterocycles. The molecule has 0 spiro atoms. The maximum Gasteiger partial charge on any atom is 0.448 e. The number of rotatable bonds is 2. The van der Waals surface area contributed by atoms with E-state index in [0.29, 0.717) is 0 Å². The molecule has 0 rings (SSSR count). The minimum Gasteiger partial charge on any atom is -0.545 e. The molecule has 3 nitrogen and oxygen atoms in total. The molecule has 0 aliphatic rings. The van der Waals surface area contributed by atoms with Crippen LogP contribution in [0, 0.1) is 0 Å². The third-order valence-corrected chi connectivity index (χ3v) is 0.748. The zero-order valence-corrected chi connectivity index (χ0v) is 5.44. The second-order valence-corrected chi connectivity index (χ2v) is 1.53. The Bertz CT molecular complexity index is 182. The Morgan fingerprint density at radius 3 is 2.09 bits per heavy atom. The van der Waals surface area contributed by atoms with Crippen LogP contribution in [-0.4, -0.2) is 19.3 Å². The Balaban J connectivity index is 4.54. The number of carbonyl (C=O) groups is 1. The largest absolute Gasteiger partial charge is 0.545 e. The summed E-state index contributed by atoms with van der Waals surface area (Å²) >= 11 is 0. The van der Waals surface area contributed by atoms with Gasteiger partial charge in [0.05, 0.1) is 13.1 Å². The summed E-state index contributed by atoms with van der Waals surface area (Å²) in [5.74, 6) is -3.53. The van der Waals surface area contributed by atoms with Crippen molar-refractivity contribution in [1.82, 2.24) is 0 Å². The van der Waals surface area contributed by atoms with Crippen molar-refractivity contribution >= 4 is 5.97 Å². The van der Waals surface area contributed by atoms with Crippen molar-refractivity contribution in [2.75, 3.05) is 7.11 Å². The van der Waals surface area contributed by atoms with E-state index in [2.05, 4.69) is 4.74 Å². The SMILES string of the molecule is COC(=CC(=O)[O-])C(F)(F)F. The first kappa shape index (κ1) is 9.80. The van der Waals surface area contributed by atoms with E-state index in [1.165, 1.54) is 0 Å². The molecule has 0 atom stereocenters. The normalized spacial score (nSPS) is 12.9. The highest BCUT2D eigenvalue weighted by atomic mass is 19.4. The smallest absolute Gasteiger partial charge is 0.448 e. The fourth-order valence-corrected chi connectivity index (χ4v) is 0.364. The minimum absolute atomic E-state index is 0.153. The Labute approximate surface area is 60.1 Å². The van der Waals surface area contributed by atoms with Crippen molar-refractivity contribution in [2.24, 2.45) is 0 Å². The van der Waals surface area contributed by atoms with Crippen LogP contribution in [0.4, 0.5) is 13.2 Å². The molecule has 0 fully saturated rings. The molecule has 0 aromatic heterocycles. The highest BCUT2D eigenvalue weighted by Crippen LogP contribution is 2.25. The Morgan fingerprint density at radius 2 is 2.00 bits per heavy atom. The molecule has 0 saturated carbocycles. The van der Waals surface area contributed by atoms with Gasteiger partial charge in [-0.05, 0) is 0 Å². The second kappa shape index (κ2) is 3.27. The lowest BCUT2D eigenvalue weighted by Crippen LogP contribution is -2.23. The maximum atomic E-state index is 11.6. The first-order chi connectivity index (χ1) is 4.88. The topological polar surface area (TPSA) is 49.4 Å². The van der Waals surface area contributed by atoms with Gasteiger partial charge < -0.3 is 14.6 Å². The summed E-state index contributed by atoms with van der Waals surface area (Å²) in [6, 6.07) is 0. The van der Waals surface area contributed by atoms with Crippen molar-refractivity contribution in [2.45, 2.75) is 6.18 Å². The molecular formula is C5H4F3O3-. The number of halogens is 3. The van der Waals surface area contributed by atoms with E-state index in [4.69, 9.17) is 0 Å².